The number of amides is 1. The summed E-state index contributed by atoms with van der Waals surface area (Å²) in [7, 11) is 1.64. The second kappa shape index (κ2) is 9.57. The highest BCUT2D eigenvalue weighted by Gasteiger charge is 2.15. The number of carbonyl (C=O) groups excluding carboxylic acids is 1. The van der Waals surface area contributed by atoms with E-state index in [1.54, 1.807) is 37.5 Å². The van der Waals surface area contributed by atoms with E-state index in [4.69, 9.17) is 21.1 Å². The number of thiazole rings is 1. The predicted octanol–water partition coefficient (Wildman–Crippen LogP) is 4.60. The van der Waals surface area contributed by atoms with Crippen molar-refractivity contribution in [3.05, 3.63) is 64.6 Å². The first-order valence-electron chi connectivity index (χ1n) is 8.84. The van der Waals surface area contributed by atoms with E-state index in [9.17, 15) is 4.79 Å². The van der Waals surface area contributed by atoms with Gasteiger partial charge in [-0.3, -0.25) is 4.79 Å². The van der Waals surface area contributed by atoms with Gasteiger partial charge in [0.2, 0.25) is 0 Å². The van der Waals surface area contributed by atoms with Gasteiger partial charge in [-0.1, -0.05) is 23.7 Å². The van der Waals surface area contributed by atoms with Gasteiger partial charge in [-0.2, -0.15) is 0 Å². The van der Waals surface area contributed by atoms with Crippen molar-refractivity contribution >= 4 is 28.8 Å². The van der Waals surface area contributed by atoms with Crippen LogP contribution in [-0.2, 0) is 11.2 Å². The van der Waals surface area contributed by atoms with Crippen molar-refractivity contribution in [1.82, 2.24) is 10.3 Å². The van der Waals surface area contributed by atoms with Gasteiger partial charge < -0.3 is 14.8 Å². The van der Waals surface area contributed by atoms with Crippen molar-refractivity contribution in [1.29, 1.82) is 0 Å². The molecule has 0 radical (unpaired) electrons. The largest absolute Gasteiger partial charge is 0.497 e. The molecule has 0 bridgehead atoms. The van der Waals surface area contributed by atoms with Gasteiger partial charge >= 0.3 is 0 Å². The molecule has 3 rings (SSSR count). The molecule has 0 spiro atoms. The second-order valence-electron chi connectivity index (χ2n) is 6.10. The standard InChI is InChI=1S/C21H21ClN2O3S/c1-14(27-19-6-4-3-5-18(19)22)20(25)23-12-11-16-13-28-21(24-16)15-7-9-17(26-2)10-8-15/h3-10,13-14H,11-12H2,1-2H3,(H,23,25). The summed E-state index contributed by atoms with van der Waals surface area (Å²) in [4.78, 5) is 16.9. The van der Waals surface area contributed by atoms with Crippen molar-refractivity contribution in [2.75, 3.05) is 13.7 Å². The van der Waals surface area contributed by atoms with Crippen LogP contribution in [0.5, 0.6) is 11.5 Å². The van der Waals surface area contributed by atoms with Crippen LogP contribution in [0.4, 0.5) is 0 Å². The second-order valence-corrected chi connectivity index (χ2v) is 7.37. The van der Waals surface area contributed by atoms with Gasteiger partial charge in [0.1, 0.15) is 16.5 Å². The Labute approximate surface area is 173 Å². The third-order valence-corrected chi connectivity index (χ3v) is 5.33. The lowest BCUT2D eigenvalue weighted by Gasteiger charge is -2.15. The molecule has 1 amide bonds. The first-order valence-corrected chi connectivity index (χ1v) is 10.1. The first kappa shape index (κ1) is 20.2. The molecule has 0 aliphatic carbocycles. The third-order valence-electron chi connectivity index (χ3n) is 4.08. The van der Waals surface area contributed by atoms with Crippen LogP contribution in [0.3, 0.4) is 0 Å². The fourth-order valence-corrected chi connectivity index (χ4v) is 3.57. The minimum Gasteiger partial charge on any atom is -0.497 e. The lowest BCUT2D eigenvalue weighted by atomic mass is 10.2. The van der Waals surface area contributed by atoms with Crippen molar-refractivity contribution in [3.63, 3.8) is 0 Å². The number of rotatable bonds is 8. The lowest BCUT2D eigenvalue weighted by Crippen LogP contribution is -2.37. The molecule has 5 nitrogen and oxygen atoms in total. The number of carbonyl (C=O) groups is 1. The molecule has 1 heterocycles. The molecule has 1 aromatic heterocycles. The predicted molar refractivity (Wildman–Crippen MR) is 112 cm³/mol. The van der Waals surface area contributed by atoms with Crippen molar-refractivity contribution in [3.8, 4) is 22.1 Å². The molecule has 0 aliphatic rings. The van der Waals surface area contributed by atoms with Gasteiger partial charge in [0.25, 0.3) is 5.91 Å². The fraction of sp³-hybridized carbons (Fsp3) is 0.238. The Morgan fingerprint density at radius 2 is 1.96 bits per heavy atom. The molecule has 3 aromatic rings. The summed E-state index contributed by atoms with van der Waals surface area (Å²) in [5.41, 5.74) is 1.98. The highest BCUT2D eigenvalue weighted by Crippen LogP contribution is 2.26. The number of nitrogens with zero attached hydrogens (tertiary/aromatic N) is 1. The molecule has 0 saturated heterocycles. The van der Waals surface area contributed by atoms with Crippen LogP contribution in [0.1, 0.15) is 12.6 Å². The molecule has 0 saturated carbocycles. The Balaban J connectivity index is 1.48. The van der Waals surface area contributed by atoms with Gasteiger partial charge in [-0.05, 0) is 43.3 Å². The quantitative estimate of drug-likeness (QED) is 0.583. The highest BCUT2D eigenvalue weighted by atomic mass is 35.5. The molecule has 0 aliphatic heterocycles. The molecule has 2 aromatic carbocycles. The van der Waals surface area contributed by atoms with Crippen molar-refractivity contribution in [2.24, 2.45) is 0 Å². The van der Waals surface area contributed by atoms with Crippen LogP contribution in [0.25, 0.3) is 10.6 Å². The summed E-state index contributed by atoms with van der Waals surface area (Å²) in [6.07, 6.45) is 0.0159. The third kappa shape index (κ3) is 5.24. The molecule has 1 atom stereocenters. The fourth-order valence-electron chi connectivity index (χ4n) is 2.53. The number of hydrogen-bond donors (Lipinski definition) is 1. The minimum absolute atomic E-state index is 0.189. The number of ether oxygens (including phenoxy) is 2. The molecule has 146 valence electrons. The SMILES string of the molecule is COc1ccc(-c2nc(CCNC(=O)C(C)Oc3ccccc3Cl)cs2)cc1. The minimum atomic E-state index is -0.634. The number of para-hydroxylation sites is 1. The Kier molecular flexibility index (Phi) is 6.90. The Hall–Kier alpha value is -2.57. The van der Waals surface area contributed by atoms with Gasteiger partial charge in [-0.15, -0.1) is 11.3 Å². The normalized spacial score (nSPS) is 11.7. The van der Waals surface area contributed by atoms with Crippen LogP contribution < -0.4 is 14.8 Å². The van der Waals surface area contributed by atoms with E-state index in [2.05, 4.69) is 10.3 Å². The molecular weight excluding hydrogens is 396 g/mol. The molecular formula is C21H21ClN2O3S. The number of halogens is 1. The summed E-state index contributed by atoms with van der Waals surface area (Å²) >= 11 is 7.64. The van der Waals surface area contributed by atoms with E-state index in [0.29, 0.717) is 23.7 Å². The van der Waals surface area contributed by atoms with Crippen LogP contribution in [0, 0.1) is 0 Å². The first-order chi connectivity index (χ1) is 13.6. The maximum absolute atomic E-state index is 12.2. The monoisotopic (exact) mass is 416 g/mol. The zero-order valence-corrected chi connectivity index (χ0v) is 17.2. The molecule has 1 unspecified atom stereocenters. The Morgan fingerprint density at radius 1 is 1.21 bits per heavy atom. The van der Waals surface area contributed by atoms with E-state index in [-0.39, 0.29) is 5.91 Å². The zero-order chi connectivity index (χ0) is 19.9. The van der Waals surface area contributed by atoms with E-state index in [1.165, 1.54) is 0 Å². The number of hydrogen-bond acceptors (Lipinski definition) is 5. The van der Waals surface area contributed by atoms with Crippen molar-refractivity contribution in [2.45, 2.75) is 19.4 Å². The van der Waals surface area contributed by atoms with Crippen LogP contribution >= 0.6 is 22.9 Å². The summed E-state index contributed by atoms with van der Waals surface area (Å²) in [6, 6.07) is 14.9. The van der Waals surface area contributed by atoms with Gasteiger partial charge in [0.15, 0.2) is 6.10 Å². The number of benzene rings is 2. The Bertz CT molecular complexity index is 927. The number of methoxy groups -OCH3 is 1. The maximum Gasteiger partial charge on any atom is 0.260 e. The van der Waals surface area contributed by atoms with E-state index >= 15 is 0 Å². The summed E-state index contributed by atoms with van der Waals surface area (Å²) < 4.78 is 10.8. The summed E-state index contributed by atoms with van der Waals surface area (Å²) in [6.45, 7) is 2.18. The Morgan fingerprint density at radius 3 is 2.68 bits per heavy atom. The molecule has 0 fully saturated rings. The zero-order valence-electron chi connectivity index (χ0n) is 15.6. The molecule has 28 heavy (non-hydrogen) atoms. The number of aromatic nitrogens is 1. The van der Waals surface area contributed by atoms with E-state index < -0.39 is 6.10 Å². The average Bonchev–Trinajstić information content (AvgIpc) is 3.18. The number of nitrogens with one attached hydrogen (secondary N) is 1. The maximum atomic E-state index is 12.2. The molecule has 7 heteroatoms. The summed E-state index contributed by atoms with van der Waals surface area (Å²) in [5.74, 6) is 1.12. The van der Waals surface area contributed by atoms with Crippen LogP contribution in [-0.4, -0.2) is 30.6 Å². The summed E-state index contributed by atoms with van der Waals surface area (Å²) in [5, 5.41) is 6.31. The topological polar surface area (TPSA) is 60.5 Å². The van der Waals surface area contributed by atoms with Gasteiger partial charge in [0, 0.05) is 23.9 Å². The van der Waals surface area contributed by atoms with Crippen LogP contribution in [0.15, 0.2) is 53.9 Å². The smallest absolute Gasteiger partial charge is 0.260 e. The average molecular weight is 417 g/mol. The highest BCUT2D eigenvalue weighted by molar-refractivity contribution is 7.13. The van der Waals surface area contributed by atoms with Gasteiger partial charge in [0.05, 0.1) is 17.8 Å². The lowest BCUT2D eigenvalue weighted by molar-refractivity contribution is -0.127. The van der Waals surface area contributed by atoms with E-state index in [1.807, 2.05) is 41.8 Å². The van der Waals surface area contributed by atoms with E-state index in [0.717, 1.165) is 22.0 Å². The molecule has 1 N–H and O–H groups in total. The van der Waals surface area contributed by atoms with Crippen LogP contribution in [0.2, 0.25) is 5.02 Å². The van der Waals surface area contributed by atoms with Gasteiger partial charge in [-0.25, -0.2) is 4.98 Å². The van der Waals surface area contributed by atoms with Crippen molar-refractivity contribution < 1.29 is 14.3 Å².